The van der Waals surface area contributed by atoms with Gasteiger partial charge in [-0.3, -0.25) is 9.59 Å². The summed E-state index contributed by atoms with van der Waals surface area (Å²) in [7, 11) is 0. The molecule has 17 heavy (non-hydrogen) atoms. The number of ketones is 1. The van der Waals surface area contributed by atoms with Crippen LogP contribution >= 0.6 is 11.6 Å². The lowest BCUT2D eigenvalue weighted by atomic mass is 10.1. The van der Waals surface area contributed by atoms with E-state index in [2.05, 4.69) is 0 Å². The first-order valence-corrected chi connectivity index (χ1v) is 6.01. The first kappa shape index (κ1) is 12.1. The molecular formula is C13H13ClO3. The molecule has 1 aliphatic carbocycles. The van der Waals surface area contributed by atoms with Gasteiger partial charge in [-0.05, 0) is 24.5 Å². The van der Waals surface area contributed by atoms with Crippen molar-refractivity contribution in [1.29, 1.82) is 0 Å². The second kappa shape index (κ2) is 4.88. The van der Waals surface area contributed by atoms with Gasteiger partial charge in [0.05, 0.1) is 6.61 Å². The number of hydrogen-bond acceptors (Lipinski definition) is 3. The molecule has 0 bridgehead atoms. The summed E-state index contributed by atoms with van der Waals surface area (Å²) in [5, 5.41) is 0.543. The van der Waals surface area contributed by atoms with Crippen LogP contribution in [-0.2, 0) is 16.0 Å². The van der Waals surface area contributed by atoms with Crippen LogP contribution in [0.15, 0.2) is 18.2 Å². The molecule has 90 valence electrons. The molecule has 0 saturated heterocycles. The average molecular weight is 253 g/mol. The number of carbonyl (C=O) groups is 2. The van der Waals surface area contributed by atoms with Crippen molar-refractivity contribution in [3.8, 4) is 0 Å². The molecule has 0 radical (unpaired) electrons. The third kappa shape index (κ3) is 2.20. The first-order chi connectivity index (χ1) is 8.15. The molecule has 0 aliphatic heterocycles. The summed E-state index contributed by atoms with van der Waals surface area (Å²) >= 11 is 6.00. The zero-order valence-corrected chi connectivity index (χ0v) is 10.3. The van der Waals surface area contributed by atoms with E-state index in [0.29, 0.717) is 23.6 Å². The van der Waals surface area contributed by atoms with Gasteiger partial charge in [-0.1, -0.05) is 30.7 Å². The number of Topliss-reactive ketones (excluding diaryl/α,β-unsaturated/α-hetero) is 1. The van der Waals surface area contributed by atoms with Gasteiger partial charge in [-0.2, -0.15) is 0 Å². The molecule has 1 aliphatic rings. The molecule has 3 nitrogen and oxygen atoms in total. The van der Waals surface area contributed by atoms with Crippen LogP contribution < -0.4 is 0 Å². The van der Waals surface area contributed by atoms with E-state index < -0.39 is 11.9 Å². The van der Waals surface area contributed by atoms with Crippen molar-refractivity contribution in [2.24, 2.45) is 5.92 Å². The normalized spacial score (nSPS) is 18.0. The minimum absolute atomic E-state index is 0.177. The van der Waals surface area contributed by atoms with E-state index in [1.165, 1.54) is 0 Å². The zero-order valence-electron chi connectivity index (χ0n) is 9.53. The van der Waals surface area contributed by atoms with E-state index in [9.17, 15) is 9.59 Å². The van der Waals surface area contributed by atoms with Crippen molar-refractivity contribution >= 4 is 23.4 Å². The number of benzene rings is 1. The van der Waals surface area contributed by atoms with Gasteiger partial charge in [-0.25, -0.2) is 0 Å². The number of rotatable bonds is 3. The Kier molecular flexibility index (Phi) is 3.48. The molecule has 0 spiro atoms. The molecule has 4 heteroatoms. The molecule has 1 atom stereocenters. The standard InChI is InChI=1S/C13H13ClO3/c1-2-6-17-13(16)10-7-9-8(12(10)15)4-3-5-11(9)14/h3-5,10H,2,6-7H2,1H3. The molecule has 0 aromatic heterocycles. The molecule has 0 amide bonds. The molecule has 2 rings (SSSR count). The Morgan fingerprint density at radius 3 is 2.94 bits per heavy atom. The minimum atomic E-state index is -0.712. The van der Waals surface area contributed by atoms with Gasteiger partial charge in [0.2, 0.25) is 0 Å². The van der Waals surface area contributed by atoms with Gasteiger partial charge in [0.15, 0.2) is 5.78 Å². The van der Waals surface area contributed by atoms with E-state index in [1.54, 1.807) is 18.2 Å². The third-order valence-corrected chi connectivity index (χ3v) is 3.20. The Balaban J connectivity index is 2.20. The van der Waals surface area contributed by atoms with Crippen molar-refractivity contribution in [1.82, 2.24) is 0 Å². The lowest BCUT2D eigenvalue weighted by molar-refractivity contribution is -0.146. The van der Waals surface area contributed by atoms with Crippen molar-refractivity contribution < 1.29 is 14.3 Å². The molecule has 0 N–H and O–H groups in total. The lowest BCUT2D eigenvalue weighted by Crippen LogP contribution is -2.23. The predicted molar refractivity (Wildman–Crippen MR) is 64.2 cm³/mol. The highest BCUT2D eigenvalue weighted by Crippen LogP contribution is 2.32. The molecule has 1 aromatic carbocycles. The maximum Gasteiger partial charge on any atom is 0.317 e. The lowest BCUT2D eigenvalue weighted by Gasteiger charge is -2.07. The highest BCUT2D eigenvalue weighted by molar-refractivity contribution is 6.32. The largest absolute Gasteiger partial charge is 0.465 e. The van der Waals surface area contributed by atoms with Gasteiger partial charge in [0.1, 0.15) is 5.92 Å². The van der Waals surface area contributed by atoms with Gasteiger partial charge in [-0.15, -0.1) is 0 Å². The van der Waals surface area contributed by atoms with Crippen molar-refractivity contribution in [2.75, 3.05) is 6.61 Å². The highest BCUT2D eigenvalue weighted by atomic mass is 35.5. The van der Waals surface area contributed by atoms with Gasteiger partial charge >= 0.3 is 5.97 Å². The smallest absolute Gasteiger partial charge is 0.317 e. The van der Waals surface area contributed by atoms with E-state index in [0.717, 1.165) is 12.0 Å². The summed E-state index contributed by atoms with van der Waals surface area (Å²) in [6.07, 6.45) is 1.11. The number of carbonyl (C=O) groups excluding carboxylic acids is 2. The summed E-state index contributed by atoms with van der Waals surface area (Å²) in [5.41, 5.74) is 1.31. The Labute approximate surface area is 105 Å². The van der Waals surface area contributed by atoms with Crippen molar-refractivity contribution in [3.63, 3.8) is 0 Å². The number of esters is 1. The van der Waals surface area contributed by atoms with E-state index >= 15 is 0 Å². The Hall–Kier alpha value is -1.35. The number of ether oxygens (including phenoxy) is 1. The van der Waals surface area contributed by atoms with Crippen molar-refractivity contribution in [2.45, 2.75) is 19.8 Å². The Morgan fingerprint density at radius 2 is 2.29 bits per heavy atom. The van der Waals surface area contributed by atoms with Gasteiger partial charge < -0.3 is 4.74 Å². The topological polar surface area (TPSA) is 43.4 Å². The molecule has 0 saturated carbocycles. The SMILES string of the molecule is CCCOC(=O)C1Cc2c(Cl)cccc2C1=O. The van der Waals surface area contributed by atoms with Crippen LogP contribution in [0.2, 0.25) is 5.02 Å². The van der Waals surface area contributed by atoms with E-state index in [1.807, 2.05) is 6.92 Å². The number of fused-ring (bicyclic) bond motifs is 1. The monoisotopic (exact) mass is 252 g/mol. The summed E-state index contributed by atoms with van der Waals surface area (Å²) in [4.78, 5) is 23.7. The molecule has 0 fully saturated rings. The molecule has 1 aromatic rings. The quantitative estimate of drug-likeness (QED) is 0.614. The first-order valence-electron chi connectivity index (χ1n) is 5.63. The second-order valence-corrected chi connectivity index (χ2v) is 4.46. The predicted octanol–water partition coefficient (Wildman–Crippen LogP) is 2.65. The Bertz CT molecular complexity index is 468. The summed E-state index contributed by atoms with van der Waals surface area (Å²) < 4.78 is 5.01. The average Bonchev–Trinajstić information content (AvgIpc) is 2.66. The number of hydrogen-bond donors (Lipinski definition) is 0. The molecular weight excluding hydrogens is 240 g/mol. The fraction of sp³-hybridized carbons (Fsp3) is 0.385. The fourth-order valence-electron chi connectivity index (χ4n) is 1.98. The zero-order chi connectivity index (χ0) is 12.4. The molecule has 0 heterocycles. The Morgan fingerprint density at radius 1 is 1.53 bits per heavy atom. The van der Waals surface area contributed by atoms with Crippen LogP contribution in [0.25, 0.3) is 0 Å². The van der Waals surface area contributed by atoms with Crippen LogP contribution in [0.3, 0.4) is 0 Å². The third-order valence-electron chi connectivity index (χ3n) is 2.84. The van der Waals surface area contributed by atoms with Gasteiger partial charge in [0.25, 0.3) is 0 Å². The fourth-order valence-corrected chi connectivity index (χ4v) is 2.23. The van der Waals surface area contributed by atoms with Crippen LogP contribution in [0.1, 0.15) is 29.3 Å². The van der Waals surface area contributed by atoms with E-state index in [-0.39, 0.29) is 5.78 Å². The summed E-state index contributed by atoms with van der Waals surface area (Å²) in [6, 6.07) is 5.16. The summed E-state index contributed by atoms with van der Waals surface area (Å²) in [6.45, 7) is 2.27. The van der Waals surface area contributed by atoms with Crippen LogP contribution in [0.4, 0.5) is 0 Å². The van der Waals surface area contributed by atoms with Crippen LogP contribution in [0, 0.1) is 5.92 Å². The van der Waals surface area contributed by atoms with Crippen LogP contribution in [-0.4, -0.2) is 18.4 Å². The number of halogens is 1. The van der Waals surface area contributed by atoms with Crippen molar-refractivity contribution in [3.05, 3.63) is 34.3 Å². The maximum atomic E-state index is 12.0. The minimum Gasteiger partial charge on any atom is -0.465 e. The van der Waals surface area contributed by atoms with E-state index in [4.69, 9.17) is 16.3 Å². The second-order valence-electron chi connectivity index (χ2n) is 4.05. The molecule has 1 unspecified atom stereocenters. The summed E-state index contributed by atoms with van der Waals surface area (Å²) in [5.74, 6) is -1.33. The maximum absolute atomic E-state index is 12.0. The highest BCUT2D eigenvalue weighted by Gasteiger charge is 2.37. The van der Waals surface area contributed by atoms with Gasteiger partial charge in [0, 0.05) is 10.6 Å². The van der Waals surface area contributed by atoms with Crippen LogP contribution in [0.5, 0.6) is 0 Å².